The van der Waals surface area contributed by atoms with Gasteiger partial charge in [0.05, 0.1) is 11.2 Å². The molecule has 2 rings (SSSR count). The molecule has 7 heteroatoms. The summed E-state index contributed by atoms with van der Waals surface area (Å²) in [7, 11) is -0.423. The van der Waals surface area contributed by atoms with E-state index in [1.807, 2.05) is 27.7 Å². The Morgan fingerprint density at radius 1 is 1.16 bits per heavy atom. The van der Waals surface area contributed by atoms with Crippen molar-refractivity contribution in [2.75, 3.05) is 18.4 Å². The molecule has 0 amide bonds. The number of aromatic nitrogens is 2. The molecule has 1 saturated heterocycles. The quantitative estimate of drug-likeness (QED) is 0.753. The fourth-order valence-electron chi connectivity index (χ4n) is 1.71. The SMILES string of the molecule is CC1(C)OB(c2cnc(NCCN)nc2)OC1(C)C. The second kappa shape index (κ2) is 5.07. The monoisotopic (exact) mass is 264 g/mol. The summed E-state index contributed by atoms with van der Waals surface area (Å²) in [5, 5.41) is 3.02. The lowest BCUT2D eigenvalue weighted by Gasteiger charge is -2.32. The van der Waals surface area contributed by atoms with Crippen molar-refractivity contribution in [2.45, 2.75) is 38.9 Å². The Hall–Kier alpha value is -1.18. The van der Waals surface area contributed by atoms with Gasteiger partial charge in [0, 0.05) is 30.9 Å². The average Bonchev–Trinajstić information content (AvgIpc) is 2.56. The minimum atomic E-state index is -0.423. The highest BCUT2D eigenvalue weighted by atomic mass is 16.7. The third-order valence-electron chi connectivity index (χ3n) is 3.62. The molecule has 6 nitrogen and oxygen atoms in total. The van der Waals surface area contributed by atoms with Gasteiger partial charge < -0.3 is 20.4 Å². The van der Waals surface area contributed by atoms with Crippen LogP contribution in [0.15, 0.2) is 12.4 Å². The lowest BCUT2D eigenvalue weighted by molar-refractivity contribution is 0.00578. The third kappa shape index (κ3) is 2.88. The fraction of sp³-hybridized carbons (Fsp3) is 0.667. The third-order valence-corrected chi connectivity index (χ3v) is 3.62. The van der Waals surface area contributed by atoms with Gasteiger partial charge in [0.2, 0.25) is 5.95 Å². The van der Waals surface area contributed by atoms with Gasteiger partial charge in [-0.05, 0) is 27.7 Å². The van der Waals surface area contributed by atoms with E-state index in [1.165, 1.54) is 0 Å². The van der Waals surface area contributed by atoms with Crippen LogP contribution in [0.1, 0.15) is 27.7 Å². The Morgan fingerprint density at radius 2 is 1.68 bits per heavy atom. The molecular formula is C12H21BN4O2. The molecule has 0 atom stereocenters. The zero-order chi connectivity index (χ0) is 14.1. The number of nitrogens with one attached hydrogen (secondary N) is 1. The summed E-state index contributed by atoms with van der Waals surface area (Å²) in [4.78, 5) is 8.44. The molecule has 1 aromatic rings. The molecule has 0 radical (unpaired) electrons. The van der Waals surface area contributed by atoms with Gasteiger partial charge >= 0.3 is 7.12 Å². The predicted octanol–water partition coefficient (Wildman–Crippen LogP) is 0.146. The van der Waals surface area contributed by atoms with E-state index in [4.69, 9.17) is 15.0 Å². The van der Waals surface area contributed by atoms with Crippen LogP contribution in [0.5, 0.6) is 0 Å². The average molecular weight is 264 g/mol. The second-order valence-electron chi connectivity index (χ2n) is 5.64. The van der Waals surface area contributed by atoms with Crippen LogP contribution in [-0.2, 0) is 9.31 Å². The van der Waals surface area contributed by atoms with E-state index < -0.39 is 7.12 Å². The maximum Gasteiger partial charge on any atom is 0.498 e. The highest BCUT2D eigenvalue weighted by molar-refractivity contribution is 6.61. The highest BCUT2D eigenvalue weighted by Crippen LogP contribution is 2.36. The van der Waals surface area contributed by atoms with Gasteiger partial charge in [-0.2, -0.15) is 0 Å². The van der Waals surface area contributed by atoms with E-state index in [0.29, 0.717) is 19.0 Å². The molecule has 1 aromatic heterocycles. The zero-order valence-corrected chi connectivity index (χ0v) is 11.9. The molecule has 0 bridgehead atoms. The first kappa shape index (κ1) is 14.2. The van der Waals surface area contributed by atoms with Crippen LogP contribution >= 0.6 is 0 Å². The Bertz CT molecular complexity index is 420. The molecule has 0 spiro atoms. The van der Waals surface area contributed by atoms with Crippen molar-refractivity contribution in [3.63, 3.8) is 0 Å². The smallest absolute Gasteiger partial charge is 0.399 e. The van der Waals surface area contributed by atoms with Gasteiger partial charge in [-0.15, -0.1) is 0 Å². The number of anilines is 1. The minimum absolute atomic E-state index is 0.353. The number of rotatable bonds is 4. The first-order valence-corrected chi connectivity index (χ1v) is 6.47. The molecule has 104 valence electrons. The van der Waals surface area contributed by atoms with E-state index >= 15 is 0 Å². The van der Waals surface area contributed by atoms with Gasteiger partial charge in [0.15, 0.2) is 0 Å². The van der Waals surface area contributed by atoms with Crippen LogP contribution < -0.4 is 16.5 Å². The number of nitrogens with zero attached hydrogens (tertiary/aromatic N) is 2. The zero-order valence-electron chi connectivity index (χ0n) is 11.9. The van der Waals surface area contributed by atoms with Gasteiger partial charge in [-0.25, -0.2) is 9.97 Å². The number of hydrogen-bond acceptors (Lipinski definition) is 6. The second-order valence-corrected chi connectivity index (χ2v) is 5.64. The van der Waals surface area contributed by atoms with E-state index in [-0.39, 0.29) is 11.2 Å². The Morgan fingerprint density at radius 3 is 2.16 bits per heavy atom. The lowest BCUT2D eigenvalue weighted by atomic mass is 9.81. The Kier molecular flexibility index (Phi) is 3.80. The summed E-state index contributed by atoms with van der Waals surface area (Å²) in [6.07, 6.45) is 3.43. The predicted molar refractivity (Wildman–Crippen MR) is 75.3 cm³/mol. The standard InChI is InChI=1S/C12H21BN4O2/c1-11(2)12(3,4)19-13(18-11)9-7-16-10(17-8-9)15-6-5-14/h7-8H,5-6,14H2,1-4H3,(H,15,16,17). The van der Waals surface area contributed by atoms with E-state index in [2.05, 4.69) is 15.3 Å². The molecule has 0 unspecified atom stereocenters. The van der Waals surface area contributed by atoms with Crippen molar-refractivity contribution < 1.29 is 9.31 Å². The topological polar surface area (TPSA) is 82.3 Å². The van der Waals surface area contributed by atoms with Crippen LogP contribution in [0.25, 0.3) is 0 Å². The fourth-order valence-corrected chi connectivity index (χ4v) is 1.71. The highest BCUT2D eigenvalue weighted by Gasteiger charge is 2.51. The van der Waals surface area contributed by atoms with Crippen molar-refractivity contribution in [1.29, 1.82) is 0 Å². The first-order chi connectivity index (χ1) is 8.86. The molecule has 19 heavy (non-hydrogen) atoms. The summed E-state index contributed by atoms with van der Waals surface area (Å²) in [6, 6.07) is 0. The molecule has 2 heterocycles. The van der Waals surface area contributed by atoms with Crippen molar-refractivity contribution in [3.05, 3.63) is 12.4 Å². The molecule has 3 N–H and O–H groups in total. The number of hydrogen-bond donors (Lipinski definition) is 2. The molecule has 1 fully saturated rings. The summed E-state index contributed by atoms with van der Waals surface area (Å²) >= 11 is 0. The van der Waals surface area contributed by atoms with Crippen molar-refractivity contribution in [2.24, 2.45) is 5.73 Å². The Balaban J connectivity index is 2.08. The van der Waals surface area contributed by atoms with Crippen molar-refractivity contribution >= 4 is 18.5 Å². The maximum absolute atomic E-state index is 5.93. The van der Waals surface area contributed by atoms with Gasteiger partial charge in [0.25, 0.3) is 0 Å². The maximum atomic E-state index is 5.93. The minimum Gasteiger partial charge on any atom is -0.399 e. The molecule has 1 aliphatic heterocycles. The van der Waals surface area contributed by atoms with Gasteiger partial charge in [-0.3, -0.25) is 0 Å². The summed E-state index contributed by atoms with van der Waals surface area (Å²) in [5.74, 6) is 0.561. The van der Waals surface area contributed by atoms with E-state index in [9.17, 15) is 0 Å². The first-order valence-electron chi connectivity index (χ1n) is 6.47. The Labute approximate surface area is 114 Å². The van der Waals surface area contributed by atoms with E-state index in [1.54, 1.807) is 12.4 Å². The van der Waals surface area contributed by atoms with Crippen LogP contribution in [0, 0.1) is 0 Å². The molecule has 1 aliphatic rings. The number of nitrogens with two attached hydrogens (primary N) is 1. The summed E-state index contributed by atoms with van der Waals surface area (Å²) < 4.78 is 11.9. The van der Waals surface area contributed by atoms with Gasteiger partial charge in [-0.1, -0.05) is 0 Å². The largest absolute Gasteiger partial charge is 0.498 e. The van der Waals surface area contributed by atoms with Crippen molar-refractivity contribution in [3.8, 4) is 0 Å². The molecule has 0 aliphatic carbocycles. The van der Waals surface area contributed by atoms with Crippen LogP contribution in [-0.4, -0.2) is 41.4 Å². The van der Waals surface area contributed by atoms with Crippen LogP contribution in [0.4, 0.5) is 5.95 Å². The van der Waals surface area contributed by atoms with Crippen LogP contribution in [0.2, 0.25) is 0 Å². The summed E-state index contributed by atoms with van der Waals surface area (Å²) in [6.45, 7) is 9.27. The lowest BCUT2D eigenvalue weighted by Crippen LogP contribution is -2.41. The van der Waals surface area contributed by atoms with Crippen molar-refractivity contribution in [1.82, 2.24) is 9.97 Å². The normalized spacial score (nSPS) is 20.6. The summed E-state index contributed by atoms with van der Waals surface area (Å²) in [5.41, 5.74) is 5.52. The molecule has 0 aromatic carbocycles. The van der Waals surface area contributed by atoms with Gasteiger partial charge in [0.1, 0.15) is 0 Å². The van der Waals surface area contributed by atoms with Crippen LogP contribution in [0.3, 0.4) is 0 Å². The molecule has 0 saturated carbocycles. The van der Waals surface area contributed by atoms with E-state index in [0.717, 1.165) is 5.46 Å². The molecular weight excluding hydrogens is 243 g/mol.